The summed E-state index contributed by atoms with van der Waals surface area (Å²) in [5.41, 5.74) is 1.97. The molecule has 2 aromatic carbocycles. The van der Waals surface area contributed by atoms with E-state index in [0.717, 1.165) is 36.8 Å². The fraction of sp³-hybridized carbons (Fsp3) is 0.455. The molecule has 4 heteroatoms. The summed E-state index contributed by atoms with van der Waals surface area (Å²) in [5.74, 6) is 0.503. The number of hydrogen-bond acceptors (Lipinski definition) is 4. The van der Waals surface area contributed by atoms with Crippen LogP contribution in [0.15, 0.2) is 36.4 Å². The molecule has 0 fully saturated rings. The predicted molar refractivity (Wildman–Crippen MR) is 104 cm³/mol. The molecule has 2 rings (SSSR count). The number of aromatic hydroxyl groups is 4. The smallest absolute Gasteiger partial charge is 0.119 e. The van der Waals surface area contributed by atoms with Crippen molar-refractivity contribution in [3.8, 4) is 23.0 Å². The van der Waals surface area contributed by atoms with E-state index >= 15 is 0 Å². The van der Waals surface area contributed by atoms with Crippen LogP contribution in [-0.4, -0.2) is 20.4 Å². The minimum Gasteiger partial charge on any atom is -0.508 e. The molecule has 0 unspecified atom stereocenters. The molecule has 0 aliphatic rings. The van der Waals surface area contributed by atoms with Crippen molar-refractivity contribution in [2.24, 2.45) is 0 Å². The first-order valence-corrected chi connectivity index (χ1v) is 9.57. The van der Waals surface area contributed by atoms with Crippen LogP contribution in [0.1, 0.15) is 62.5 Å². The number of hydrogen-bond donors (Lipinski definition) is 4. The minimum absolute atomic E-state index is 0.126. The summed E-state index contributed by atoms with van der Waals surface area (Å²) in [6.07, 6.45) is 11.1. The van der Waals surface area contributed by atoms with Gasteiger partial charge in [0, 0.05) is 12.1 Å². The Balaban J connectivity index is 1.47. The average molecular weight is 358 g/mol. The van der Waals surface area contributed by atoms with Crippen molar-refractivity contribution in [3.63, 3.8) is 0 Å². The normalized spacial score (nSPS) is 10.9. The van der Waals surface area contributed by atoms with Gasteiger partial charge in [-0.25, -0.2) is 0 Å². The van der Waals surface area contributed by atoms with Gasteiger partial charge < -0.3 is 20.4 Å². The summed E-state index contributed by atoms with van der Waals surface area (Å²) in [7, 11) is 0. The van der Waals surface area contributed by atoms with Gasteiger partial charge in [-0.1, -0.05) is 38.5 Å². The summed E-state index contributed by atoms with van der Waals surface area (Å²) in [6, 6.07) is 9.56. The SMILES string of the molecule is Oc1cc(O)cc(CCCCCCCCCCc2cc(O)cc(O)c2)c1. The number of phenolic OH excluding ortho intramolecular Hbond substituents is 4. The lowest BCUT2D eigenvalue weighted by Gasteiger charge is -2.05. The Kier molecular flexibility index (Phi) is 8.13. The van der Waals surface area contributed by atoms with E-state index in [2.05, 4.69) is 0 Å². The van der Waals surface area contributed by atoms with Crippen molar-refractivity contribution < 1.29 is 20.4 Å². The third kappa shape index (κ3) is 7.68. The van der Waals surface area contributed by atoms with Gasteiger partial charge in [0.15, 0.2) is 0 Å². The molecule has 0 aliphatic heterocycles. The molecule has 0 aromatic heterocycles. The molecular formula is C22H30O4. The fourth-order valence-electron chi connectivity index (χ4n) is 3.32. The highest BCUT2D eigenvalue weighted by atomic mass is 16.3. The Labute approximate surface area is 155 Å². The Morgan fingerprint density at radius 1 is 0.385 bits per heavy atom. The first-order chi connectivity index (χ1) is 12.5. The molecule has 4 nitrogen and oxygen atoms in total. The van der Waals surface area contributed by atoms with Gasteiger partial charge in [0.2, 0.25) is 0 Å². The molecule has 142 valence electrons. The molecule has 4 N–H and O–H groups in total. The van der Waals surface area contributed by atoms with Gasteiger partial charge in [-0.05, 0) is 61.1 Å². The van der Waals surface area contributed by atoms with Crippen molar-refractivity contribution in [2.75, 3.05) is 0 Å². The molecule has 0 saturated heterocycles. The maximum atomic E-state index is 9.45. The molecule has 0 spiro atoms. The zero-order valence-electron chi connectivity index (χ0n) is 15.3. The van der Waals surface area contributed by atoms with Crippen LogP contribution in [0, 0.1) is 0 Å². The van der Waals surface area contributed by atoms with Gasteiger partial charge in [-0.2, -0.15) is 0 Å². The molecule has 0 atom stereocenters. The summed E-state index contributed by atoms with van der Waals surface area (Å²) >= 11 is 0. The van der Waals surface area contributed by atoms with E-state index in [0.29, 0.717) is 0 Å². The molecule has 0 bridgehead atoms. The molecule has 0 heterocycles. The lowest BCUT2D eigenvalue weighted by atomic mass is 10.0. The van der Waals surface area contributed by atoms with E-state index in [4.69, 9.17) is 0 Å². The number of benzene rings is 2. The molecule has 0 aliphatic carbocycles. The third-order valence-electron chi connectivity index (χ3n) is 4.61. The standard InChI is InChI=1S/C22H30O4/c23-19-11-17(12-20(24)15-19)9-7-5-3-1-2-4-6-8-10-18-13-21(25)16-22(26)14-18/h11-16,23-26H,1-10H2. The quantitative estimate of drug-likeness (QED) is 0.405. The fourth-order valence-corrected chi connectivity index (χ4v) is 3.32. The van der Waals surface area contributed by atoms with Crippen LogP contribution in [0.4, 0.5) is 0 Å². The Morgan fingerprint density at radius 2 is 0.654 bits per heavy atom. The monoisotopic (exact) mass is 358 g/mol. The summed E-state index contributed by atoms with van der Waals surface area (Å²) in [5, 5.41) is 37.8. The second kappa shape index (κ2) is 10.6. The van der Waals surface area contributed by atoms with Crippen LogP contribution in [0.3, 0.4) is 0 Å². The highest BCUT2D eigenvalue weighted by Crippen LogP contribution is 2.23. The number of aryl methyl sites for hydroxylation is 2. The van der Waals surface area contributed by atoms with Crippen LogP contribution < -0.4 is 0 Å². The third-order valence-corrected chi connectivity index (χ3v) is 4.61. The van der Waals surface area contributed by atoms with Gasteiger partial charge in [-0.3, -0.25) is 0 Å². The Morgan fingerprint density at radius 3 is 0.962 bits per heavy atom. The van der Waals surface area contributed by atoms with E-state index in [-0.39, 0.29) is 23.0 Å². The zero-order valence-corrected chi connectivity index (χ0v) is 15.3. The van der Waals surface area contributed by atoms with Crippen LogP contribution in [0.25, 0.3) is 0 Å². The minimum atomic E-state index is 0.126. The van der Waals surface area contributed by atoms with Gasteiger partial charge >= 0.3 is 0 Å². The van der Waals surface area contributed by atoms with E-state index in [1.807, 2.05) is 0 Å². The largest absolute Gasteiger partial charge is 0.508 e. The summed E-state index contributed by atoms with van der Waals surface area (Å²) in [6.45, 7) is 0. The average Bonchev–Trinajstić information content (AvgIpc) is 2.55. The van der Waals surface area contributed by atoms with Gasteiger partial charge in [0.25, 0.3) is 0 Å². The number of rotatable bonds is 11. The lowest BCUT2D eigenvalue weighted by Crippen LogP contribution is -1.88. The van der Waals surface area contributed by atoms with Crippen molar-refractivity contribution >= 4 is 0 Å². The lowest BCUT2D eigenvalue weighted by molar-refractivity contribution is 0.447. The first-order valence-electron chi connectivity index (χ1n) is 9.57. The molecular weight excluding hydrogens is 328 g/mol. The van der Waals surface area contributed by atoms with Crippen molar-refractivity contribution in [1.29, 1.82) is 0 Å². The summed E-state index contributed by atoms with van der Waals surface area (Å²) < 4.78 is 0. The molecule has 0 radical (unpaired) electrons. The predicted octanol–water partition coefficient (Wildman–Crippen LogP) is 5.42. The summed E-state index contributed by atoms with van der Waals surface area (Å²) in [4.78, 5) is 0. The molecule has 0 amide bonds. The highest BCUT2D eigenvalue weighted by molar-refractivity contribution is 5.37. The van der Waals surface area contributed by atoms with Gasteiger partial charge in [0.1, 0.15) is 23.0 Å². The van der Waals surface area contributed by atoms with Gasteiger partial charge in [-0.15, -0.1) is 0 Å². The van der Waals surface area contributed by atoms with E-state index in [9.17, 15) is 20.4 Å². The topological polar surface area (TPSA) is 80.9 Å². The van der Waals surface area contributed by atoms with Gasteiger partial charge in [0.05, 0.1) is 0 Å². The zero-order chi connectivity index (χ0) is 18.8. The second-order valence-electron chi connectivity index (χ2n) is 7.04. The van der Waals surface area contributed by atoms with Crippen molar-refractivity contribution in [2.45, 2.75) is 64.2 Å². The van der Waals surface area contributed by atoms with E-state index < -0.39 is 0 Å². The van der Waals surface area contributed by atoms with Crippen LogP contribution in [0.5, 0.6) is 23.0 Å². The van der Waals surface area contributed by atoms with E-state index in [1.54, 1.807) is 24.3 Å². The number of unbranched alkanes of at least 4 members (excludes halogenated alkanes) is 7. The van der Waals surface area contributed by atoms with Crippen molar-refractivity contribution in [1.82, 2.24) is 0 Å². The maximum Gasteiger partial charge on any atom is 0.119 e. The molecule has 2 aromatic rings. The highest BCUT2D eigenvalue weighted by Gasteiger charge is 2.01. The Hall–Kier alpha value is -2.36. The van der Waals surface area contributed by atoms with Crippen molar-refractivity contribution in [3.05, 3.63) is 47.5 Å². The second-order valence-corrected chi connectivity index (χ2v) is 7.04. The van der Waals surface area contributed by atoms with Crippen LogP contribution in [-0.2, 0) is 12.8 Å². The van der Waals surface area contributed by atoms with E-state index in [1.165, 1.54) is 50.7 Å². The first kappa shape index (κ1) is 20.0. The maximum absolute atomic E-state index is 9.45. The number of phenols is 4. The van der Waals surface area contributed by atoms with Crippen LogP contribution >= 0.6 is 0 Å². The Bertz CT molecular complexity index is 582. The van der Waals surface area contributed by atoms with Crippen LogP contribution in [0.2, 0.25) is 0 Å². The molecule has 0 saturated carbocycles. The molecule has 26 heavy (non-hydrogen) atoms.